The predicted octanol–water partition coefficient (Wildman–Crippen LogP) is 1.93. The Kier molecular flexibility index (Phi) is 5.08. The minimum Gasteiger partial charge on any atom is -0.369 e. The Balaban J connectivity index is 2.52. The van der Waals surface area contributed by atoms with Gasteiger partial charge in [0.2, 0.25) is 0 Å². The van der Waals surface area contributed by atoms with Gasteiger partial charge in [-0.05, 0) is 19.9 Å². The van der Waals surface area contributed by atoms with Crippen LogP contribution in [-0.4, -0.2) is 31.1 Å². The lowest BCUT2D eigenvalue weighted by molar-refractivity contribution is 0.307. The molecule has 78 valence electrons. The van der Waals surface area contributed by atoms with E-state index in [0.717, 1.165) is 26.2 Å². The van der Waals surface area contributed by atoms with Gasteiger partial charge in [0.1, 0.15) is 0 Å². The molecule has 0 unspecified atom stereocenters. The lowest BCUT2D eigenvalue weighted by atomic mass is 10.2. The number of hydrogen-bond acceptors (Lipinski definition) is 2. The van der Waals surface area contributed by atoms with Gasteiger partial charge in [0.15, 0.2) is 0 Å². The van der Waals surface area contributed by atoms with Crippen LogP contribution in [0, 0.1) is 0 Å². The molecule has 1 saturated heterocycles. The topological polar surface area (TPSA) is 15.3 Å². The van der Waals surface area contributed by atoms with Crippen LogP contribution < -0.4 is 5.32 Å². The highest BCUT2D eigenvalue weighted by molar-refractivity contribution is 5.21. The average molecular weight is 192 g/mol. The summed E-state index contributed by atoms with van der Waals surface area (Å²) in [5.74, 6) is 0. The molecule has 2 heteroatoms. The van der Waals surface area contributed by atoms with E-state index in [0.29, 0.717) is 0 Å². The van der Waals surface area contributed by atoms with Gasteiger partial charge >= 0.3 is 0 Å². The zero-order valence-corrected chi connectivity index (χ0v) is 9.16. The van der Waals surface area contributed by atoms with Gasteiger partial charge in [-0.2, -0.15) is 0 Å². The summed E-state index contributed by atoms with van der Waals surface area (Å²) in [5, 5.41) is 3.35. The molecule has 1 rings (SSSR count). The molecule has 1 aliphatic rings. The lowest BCUT2D eigenvalue weighted by Gasteiger charge is -2.30. The first-order valence-electron chi connectivity index (χ1n) is 5.30. The molecule has 0 aliphatic carbocycles. The van der Waals surface area contributed by atoms with E-state index in [4.69, 9.17) is 0 Å². The highest BCUT2D eigenvalue weighted by atomic mass is 15.2. The number of nitrogens with zero attached hydrogens (tertiary/aromatic N) is 1. The van der Waals surface area contributed by atoms with Crippen LogP contribution in [0.4, 0.5) is 0 Å². The molecule has 0 amide bonds. The summed E-state index contributed by atoms with van der Waals surface area (Å²) in [4.78, 5) is 2.41. The zero-order valence-electron chi connectivity index (χ0n) is 9.16. The van der Waals surface area contributed by atoms with Gasteiger partial charge in [-0.15, -0.1) is 0 Å². The Bertz CT molecular complexity index is 233. The third kappa shape index (κ3) is 3.38. The monoisotopic (exact) mass is 192 g/mol. The molecule has 0 aromatic rings. The minimum atomic E-state index is 1.09. The summed E-state index contributed by atoms with van der Waals surface area (Å²) in [7, 11) is 0. The molecular formula is C12H20N2. The van der Waals surface area contributed by atoms with Gasteiger partial charge in [-0.1, -0.05) is 24.3 Å². The van der Waals surface area contributed by atoms with Crippen molar-refractivity contribution in [3.63, 3.8) is 0 Å². The number of rotatable bonds is 3. The van der Waals surface area contributed by atoms with E-state index in [-0.39, 0.29) is 0 Å². The SMILES string of the molecule is C\C=C/C=C\C(=C/C)N1CCNCC1. The van der Waals surface area contributed by atoms with Crippen LogP contribution in [0.15, 0.2) is 36.1 Å². The van der Waals surface area contributed by atoms with Crippen LogP contribution >= 0.6 is 0 Å². The first-order chi connectivity index (χ1) is 6.88. The van der Waals surface area contributed by atoms with Gasteiger partial charge < -0.3 is 10.2 Å². The fourth-order valence-electron chi connectivity index (χ4n) is 1.57. The van der Waals surface area contributed by atoms with Crippen molar-refractivity contribution < 1.29 is 0 Å². The second-order valence-corrected chi connectivity index (χ2v) is 3.34. The molecule has 0 aromatic carbocycles. The van der Waals surface area contributed by atoms with Crippen molar-refractivity contribution >= 4 is 0 Å². The first-order valence-corrected chi connectivity index (χ1v) is 5.30. The van der Waals surface area contributed by atoms with Gasteiger partial charge in [-0.3, -0.25) is 0 Å². The molecule has 2 nitrogen and oxygen atoms in total. The highest BCUT2D eigenvalue weighted by Gasteiger charge is 2.09. The lowest BCUT2D eigenvalue weighted by Crippen LogP contribution is -2.42. The van der Waals surface area contributed by atoms with E-state index < -0.39 is 0 Å². The fourth-order valence-corrected chi connectivity index (χ4v) is 1.57. The number of nitrogens with one attached hydrogen (secondary N) is 1. The van der Waals surface area contributed by atoms with Crippen LogP contribution in [0.1, 0.15) is 13.8 Å². The highest BCUT2D eigenvalue weighted by Crippen LogP contribution is 2.07. The maximum absolute atomic E-state index is 3.35. The van der Waals surface area contributed by atoms with E-state index in [1.165, 1.54) is 5.70 Å². The van der Waals surface area contributed by atoms with Crippen molar-refractivity contribution in [3.05, 3.63) is 36.1 Å². The van der Waals surface area contributed by atoms with Crippen molar-refractivity contribution in [1.29, 1.82) is 0 Å². The molecule has 0 bridgehead atoms. The van der Waals surface area contributed by atoms with Crippen LogP contribution in [0.5, 0.6) is 0 Å². The molecule has 0 aromatic heterocycles. The summed E-state index contributed by atoms with van der Waals surface area (Å²) in [6.45, 7) is 8.53. The van der Waals surface area contributed by atoms with Crippen LogP contribution in [0.25, 0.3) is 0 Å². The Hall–Kier alpha value is -1.02. The molecule has 0 radical (unpaired) electrons. The molecule has 0 spiro atoms. The third-order valence-corrected chi connectivity index (χ3v) is 2.35. The van der Waals surface area contributed by atoms with E-state index >= 15 is 0 Å². The number of piperazine rings is 1. The average Bonchev–Trinajstić information content (AvgIpc) is 2.26. The molecule has 0 saturated carbocycles. The number of hydrogen-bond donors (Lipinski definition) is 1. The molecule has 1 fully saturated rings. The van der Waals surface area contributed by atoms with Gasteiger partial charge in [-0.25, -0.2) is 0 Å². The normalized spacial score (nSPS) is 19.9. The molecule has 1 N–H and O–H groups in total. The van der Waals surface area contributed by atoms with E-state index in [1.54, 1.807) is 0 Å². The summed E-state index contributed by atoms with van der Waals surface area (Å²) < 4.78 is 0. The maximum atomic E-state index is 3.35. The van der Waals surface area contributed by atoms with Crippen molar-refractivity contribution in [3.8, 4) is 0 Å². The van der Waals surface area contributed by atoms with E-state index in [2.05, 4.69) is 41.4 Å². The second kappa shape index (κ2) is 6.44. The molecule has 1 aliphatic heterocycles. The van der Waals surface area contributed by atoms with Gasteiger partial charge in [0.05, 0.1) is 0 Å². The molecular weight excluding hydrogens is 172 g/mol. The van der Waals surface area contributed by atoms with Crippen molar-refractivity contribution in [2.45, 2.75) is 13.8 Å². The summed E-state index contributed by atoms with van der Waals surface area (Å²) in [6, 6.07) is 0. The summed E-state index contributed by atoms with van der Waals surface area (Å²) in [5.41, 5.74) is 1.32. The maximum Gasteiger partial charge on any atom is 0.0323 e. The van der Waals surface area contributed by atoms with Gasteiger partial charge in [0.25, 0.3) is 0 Å². The Morgan fingerprint density at radius 3 is 2.43 bits per heavy atom. The van der Waals surface area contributed by atoms with Crippen molar-refractivity contribution in [2.24, 2.45) is 0 Å². The van der Waals surface area contributed by atoms with Crippen LogP contribution in [0.3, 0.4) is 0 Å². The first kappa shape index (κ1) is 11.1. The fraction of sp³-hybridized carbons (Fsp3) is 0.500. The molecule has 14 heavy (non-hydrogen) atoms. The Morgan fingerprint density at radius 2 is 1.86 bits per heavy atom. The second-order valence-electron chi connectivity index (χ2n) is 3.34. The van der Waals surface area contributed by atoms with E-state index in [1.807, 2.05) is 13.0 Å². The van der Waals surface area contributed by atoms with Crippen molar-refractivity contribution in [2.75, 3.05) is 26.2 Å². The van der Waals surface area contributed by atoms with E-state index in [9.17, 15) is 0 Å². The van der Waals surface area contributed by atoms with Crippen LogP contribution in [-0.2, 0) is 0 Å². The zero-order chi connectivity index (χ0) is 10.2. The predicted molar refractivity (Wildman–Crippen MR) is 62.2 cm³/mol. The van der Waals surface area contributed by atoms with Gasteiger partial charge in [0, 0.05) is 31.9 Å². The smallest absolute Gasteiger partial charge is 0.0323 e. The minimum absolute atomic E-state index is 1.09. The third-order valence-electron chi connectivity index (χ3n) is 2.35. The summed E-state index contributed by atoms with van der Waals surface area (Å²) in [6.07, 6.45) is 10.5. The summed E-state index contributed by atoms with van der Waals surface area (Å²) >= 11 is 0. The Labute approximate surface area is 87.0 Å². The van der Waals surface area contributed by atoms with Crippen molar-refractivity contribution in [1.82, 2.24) is 10.2 Å². The molecule has 1 heterocycles. The molecule has 0 atom stereocenters. The van der Waals surface area contributed by atoms with Crippen LogP contribution in [0.2, 0.25) is 0 Å². The Morgan fingerprint density at radius 1 is 1.14 bits per heavy atom. The largest absolute Gasteiger partial charge is 0.369 e. The standard InChI is InChI=1S/C12H20N2/c1-3-5-6-7-12(4-2)14-10-8-13-9-11-14/h3-7,13H,8-11H2,1-2H3/b5-3-,7-6-,12-4+. The quantitative estimate of drug-likeness (QED) is 0.687. The number of allylic oxidation sites excluding steroid dienone is 5.